The highest BCUT2D eigenvalue weighted by molar-refractivity contribution is 5.93. The van der Waals surface area contributed by atoms with Gasteiger partial charge >= 0.3 is 0 Å². The van der Waals surface area contributed by atoms with Crippen molar-refractivity contribution in [1.82, 2.24) is 0 Å². The summed E-state index contributed by atoms with van der Waals surface area (Å²) in [6.45, 7) is 3.16. The van der Waals surface area contributed by atoms with Gasteiger partial charge in [0.15, 0.2) is 0 Å². The van der Waals surface area contributed by atoms with Crippen LogP contribution in [-0.4, -0.2) is 10.8 Å². The van der Waals surface area contributed by atoms with Crippen molar-refractivity contribution >= 4 is 11.6 Å². The van der Waals surface area contributed by atoms with Crippen molar-refractivity contribution in [1.29, 1.82) is 0 Å². The molecule has 2 N–H and O–H groups in total. The quantitative estimate of drug-likeness (QED) is 0.568. The Kier molecular flexibility index (Phi) is 2.51. The number of carbonyl (C=O) groups excluding carboxylic acids is 1. The van der Waals surface area contributed by atoms with Crippen molar-refractivity contribution in [2.24, 2.45) is 5.73 Å². The van der Waals surface area contributed by atoms with Crippen LogP contribution in [0.5, 0.6) is 0 Å². The van der Waals surface area contributed by atoms with Gasteiger partial charge < -0.3 is 5.73 Å². The second-order valence-electron chi connectivity index (χ2n) is 3.08. The first-order chi connectivity index (χ1) is 6.43. The van der Waals surface area contributed by atoms with E-state index >= 15 is 0 Å². The number of nitro groups is 1. The van der Waals surface area contributed by atoms with Crippen molar-refractivity contribution in [2.75, 3.05) is 0 Å². The predicted octanol–water partition coefficient (Wildman–Crippen LogP) is 1.31. The summed E-state index contributed by atoms with van der Waals surface area (Å²) in [6.07, 6.45) is 0. The van der Waals surface area contributed by atoms with Crippen LogP contribution in [0.1, 0.15) is 21.5 Å². The minimum atomic E-state index is -0.578. The summed E-state index contributed by atoms with van der Waals surface area (Å²) in [5.41, 5.74) is 6.30. The first-order valence-corrected chi connectivity index (χ1v) is 3.99. The van der Waals surface area contributed by atoms with E-state index in [0.29, 0.717) is 16.7 Å². The zero-order valence-corrected chi connectivity index (χ0v) is 7.90. The van der Waals surface area contributed by atoms with Crippen LogP contribution in [0.15, 0.2) is 12.1 Å². The van der Waals surface area contributed by atoms with Crippen LogP contribution >= 0.6 is 0 Å². The van der Waals surface area contributed by atoms with Crippen molar-refractivity contribution < 1.29 is 9.72 Å². The van der Waals surface area contributed by atoms with Crippen molar-refractivity contribution in [2.45, 2.75) is 13.8 Å². The maximum Gasteiger partial charge on any atom is 0.275 e. The maximum atomic E-state index is 10.8. The molecule has 0 heterocycles. The number of carbonyl (C=O) groups is 1. The Hall–Kier alpha value is -1.91. The lowest BCUT2D eigenvalue weighted by Gasteiger charge is -2.03. The third-order valence-corrected chi connectivity index (χ3v) is 1.96. The Morgan fingerprint density at radius 2 is 1.79 bits per heavy atom. The highest BCUT2D eigenvalue weighted by Gasteiger charge is 2.16. The number of nitrogens with zero attached hydrogens (tertiary/aromatic N) is 1. The molecule has 1 aromatic carbocycles. The number of hydrogen-bond acceptors (Lipinski definition) is 3. The van der Waals surface area contributed by atoms with E-state index in [1.54, 1.807) is 13.8 Å². The van der Waals surface area contributed by atoms with Crippen molar-refractivity contribution in [3.05, 3.63) is 38.9 Å². The van der Waals surface area contributed by atoms with Gasteiger partial charge in [-0.25, -0.2) is 0 Å². The van der Waals surface area contributed by atoms with E-state index in [0.717, 1.165) is 0 Å². The molecule has 0 spiro atoms. The molecule has 0 unspecified atom stereocenters. The van der Waals surface area contributed by atoms with E-state index < -0.39 is 10.8 Å². The van der Waals surface area contributed by atoms with Crippen LogP contribution < -0.4 is 5.73 Å². The lowest BCUT2D eigenvalue weighted by molar-refractivity contribution is -0.386. The number of nitrogens with two attached hydrogens (primary N) is 1. The first-order valence-electron chi connectivity index (χ1n) is 3.99. The summed E-state index contributed by atoms with van der Waals surface area (Å²) < 4.78 is 0. The van der Waals surface area contributed by atoms with E-state index in [1.807, 2.05) is 0 Å². The monoisotopic (exact) mass is 194 g/mol. The lowest BCUT2D eigenvalue weighted by Crippen LogP contribution is -2.12. The summed E-state index contributed by atoms with van der Waals surface area (Å²) in [7, 11) is 0. The third kappa shape index (κ3) is 1.71. The Morgan fingerprint density at radius 1 is 1.36 bits per heavy atom. The highest BCUT2D eigenvalue weighted by atomic mass is 16.6. The summed E-state index contributed by atoms with van der Waals surface area (Å²) in [5, 5.41) is 10.6. The number of hydrogen-bond donors (Lipinski definition) is 1. The van der Waals surface area contributed by atoms with E-state index in [2.05, 4.69) is 0 Å². The van der Waals surface area contributed by atoms with E-state index in [1.165, 1.54) is 12.1 Å². The molecule has 0 saturated heterocycles. The zero-order valence-electron chi connectivity index (χ0n) is 7.90. The third-order valence-electron chi connectivity index (χ3n) is 1.96. The van der Waals surface area contributed by atoms with Gasteiger partial charge in [-0.15, -0.1) is 0 Å². The van der Waals surface area contributed by atoms with Crippen LogP contribution in [0, 0.1) is 24.0 Å². The fraction of sp³-hybridized carbons (Fsp3) is 0.222. The van der Waals surface area contributed by atoms with Gasteiger partial charge in [-0.2, -0.15) is 0 Å². The SMILES string of the molecule is Cc1cc(C(N)=O)cc(C)c1[N+](=O)[O-]. The molecule has 5 heteroatoms. The molecule has 1 aromatic rings. The number of primary amides is 1. The molecule has 1 amide bonds. The molecular formula is C9H10N2O3. The van der Waals surface area contributed by atoms with Gasteiger partial charge in [0.1, 0.15) is 0 Å². The van der Waals surface area contributed by atoms with Gasteiger partial charge in [-0.3, -0.25) is 14.9 Å². The summed E-state index contributed by atoms with van der Waals surface area (Å²) in [6, 6.07) is 2.85. The molecule has 0 aliphatic heterocycles. The number of benzene rings is 1. The molecule has 0 bridgehead atoms. The molecule has 0 saturated carbocycles. The Bertz CT molecular complexity index is 390. The second kappa shape index (κ2) is 3.45. The lowest BCUT2D eigenvalue weighted by atomic mass is 10.0. The molecule has 5 nitrogen and oxygen atoms in total. The smallest absolute Gasteiger partial charge is 0.275 e. The van der Waals surface area contributed by atoms with E-state index in [-0.39, 0.29) is 5.69 Å². The zero-order chi connectivity index (χ0) is 10.9. The Balaban J connectivity index is 3.39. The minimum Gasteiger partial charge on any atom is -0.366 e. The Labute approximate surface area is 80.7 Å². The largest absolute Gasteiger partial charge is 0.366 e. The molecule has 0 aromatic heterocycles. The molecular weight excluding hydrogens is 184 g/mol. The number of aryl methyl sites for hydroxylation is 2. The van der Waals surface area contributed by atoms with Crippen LogP contribution in [0.25, 0.3) is 0 Å². The van der Waals surface area contributed by atoms with E-state index in [4.69, 9.17) is 5.73 Å². The van der Waals surface area contributed by atoms with Gasteiger partial charge in [0, 0.05) is 16.7 Å². The van der Waals surface area contributed by atoms with E-state index in [9.17, 15) is 14.9 Å². The molecule has 0 aliphatic carbocycles. The molecule has 0 radical (unpaired) electrons. The number of amides is 1. The van der Waals surface area contributed by atoms with Gasteiger partial charge in [0.25, 0.3) is 5.69 Å². The normalized spacial score (nSPS) is 9.86. The minimum absolute atomic E-state index is 0.0370. The molecule has 0 aliphatic rings. The van der Waals surface area contributed by atoms with Crippen LogP contribution in [0.2, 0.25) is 0 Å². The molecule has 14 heavy (non-hydrogen) atoms. The van der Waals surface area contributed by atoms with Crippen LogP contribution in [0.3, 0.4) is 0 Å². The van der Waals surface area contributed by atoms with Gasteiger partial charge in [0.2, 0.25) is 5.91 Å². The number of rotatable bonds is 2. The summed E-state index contributed by atoms with van der Waals surface area (Å²) in [4.78, 5) is 21.0. The van der Waals surface area contributed by atoms with Gasteiger partial charge in [0.05, 0.1) is 4.92 Å². The molecule has 0 atom stereocenters. The maximum absolute atomic E-state index is 10.8. The summed E-state index contributed by atoms with van der Waals surface area (Å²) >= 11 is 0. The standard InChI is InChI=1S/C9H10N2O3/c1-5-3-7(9(10)12)4-6(2)8(5)11(13)14/h3-4H,1-2H3,(H2,10,12). The van der Waals surface area contributed by atoms with Gasteiger partial charge in [-0.05, 0) is 26.0 Å². The van der Waals surface area contributed by atoms with Crippen molar-refractivity contribution in [3.8, 4) is 0 Å². The Morgan fingerprint density at radius 3 is 2.07 bits per heavy atom. The summed E-state index contributed by atoms with van der Waals surface area (Å²) in [5.74, 6) is -0.578. The fourth-order valence-electron chi connectivity index (χ4n) is 1.39. The topological polar surface area (TPSA) is 86.2 Å². The highest BCUT2D eigenvalue weighted by Crippen LogP contribution is 2.23. The predicted molar refractivity (Wildman–Crippen MR) is 51.1 cm³/mol. The molecule has 1 rings (SSSR count). The van der Waals surface area contributed by atoms with Gasteiger partial charge in [-0.1, -0.05) is 0 Å². The molecule has 0 fully saturated rings. The number of nitro benzene ring substituents is 1. The van der Waals surface area contributed by atoms with Crippen molar-refractivity contribution in [3.63, 3.8) is 0 Å². The first kappa shape index (κ1) is 10.2. The molecule has 74 valence electrons. The van der Waals surface area contributed by atoms with Crippen LogP contribution in [0.4, 0.5) is 5.69 Å². The van der Waals surface area contributed by atoms with Crippen LogP contribution in [-0.2, 0) is 0 Å². The second-order valence-corrected chi connectivity index (χ2v) is 3.08. The fourth-order valence-corrected chi connectivity index (χ4v) is 1.39. The average molecular weight is 194 g/mol. The average Bonchev–Trinajstić information content (AvgIpc) is 2.01.